The second-order valence-corrected chi connectivity index (χ2v) is 5.11. The van der Waals surface area contributed by atoms with Gasteiger partial charge in [0.25, 0.3) is 0 Å². The van der Waals surface area contributed by atoms with Crippen LogP contribution in [0.5, 0.6) is 0 Å². The largest absolute Gasteiger partial charge is 0.379 e. The van der Waals surface area contributed by atoms with E-state index in [1.807, 2.05) is 0 Å². The third-order valence-corrected chi connectivity index (χ3v) is 3.99. The fraction of sp³-hybridized carbons (Fsp3) is 1.00. The van der Waals surface area contributed by atoms with Crippen LogP contribution in [0.25, 0.3) is 0 Å². The van der Waals surface area contributed by atoms with Gasteiger partial charge in [0.2, 0.25) is 0 Å². The molecule has 3 heteroatoms. The minimum atomic E-state index is 0.347. The molecule has 16 heavy (non-hydrogen) atoms. The van der Waals surface area contributed by atoms with Gasteiger partial charge in [0, 0.05) is 12.6 Å². The van der Waals surface area contributed by atoms with Gasteiger partial charge in [0.1, 0.15) is 0 Å². The molecule has 1 N–H and O–H groups in total. The van der Waals surface area contributed by atoms with Gasteiger partial charge in [-0.05, 0) is 32.2 Å². The summed E-state index contributed by atoms with van der Waals surface area (Å²) < 4.78 is 11.2. The average Bonchev–Trinajstić information content (AvgIpc) is 2.84. The van der Waals surface area contributed by atoms with Crippen molar-refractivity contribution in [3.8, 4) is 0 Å². The Morgan fingerprint density at radius 2 is 2.06 bits per heavy atom. The summed E-state index contributed by atoms with van der Waals surface area (Å²) in [6.07, 6.45) is 8.38. The summed E-state index contributed by atoms with van der Waals surface area (Å²) in [6.45, 7) is 2.52. The second-order valence-electron chi connectivity index (χ2n) is 5.11. The van der Waals surface area contributed by atoms with Crippen LogP contribution in [-0.2, 0) is 9.47 Å². The topological polar surface area (TPSA) is 30.5 Å². The fourth-order valence-corrected chi connectivity index (χ4v) is 2.88. The molecule has 2 rings (SSSR count). The molecule has 1 aliphatic carbocycles. The molecule has 0 aromatic carbocycles. The summed E-state index contributed by atoms with van der Waals surface area (Å²) in [5, 5.41) is 3.43. The summed E-state index contributed by atoms with van der Waals surface area (Å²) in [5.41, 5.74) is 0. The minimum absolute atomic E-state index is 0.347. The van der Waals surface area contributed by atoms with Crippen molar-refractivity contribution in [2.75, 3.05) is 26.9 Å². The van der Waals surface area contributed by atoms with Crippen LogP contribution in [0.1, 0.15) is 38.5 Å². The lowest BCUT2D eigenvalue weighted by Gasteiger charge is -2.30. The summed E-state index contributed by atoms with van der Waals surface area (Å²) >= 11 is 0. The van der Waals surface area contributed by atoms with E-state index in [1.54, 1.807) is 0 Å². The van der Waals surface area contributed by atoms with Crippen LogP contribution in [-0.4, -0.2) is 39.0 Å². The molecular weight excluding hydrogens is 202 g/mol. The molecule has 2 unspecified atom stereocenters. The molecule has 2 fully saturated rings. The van der Waals surface area contributed by atoms with Gasteiger partial charge in [-0.15, -0.1) is 0 Å². The van der Waals surface area contributed by atoms with Crippen molar-refractivity contribution in [3.05, 3.63) is 0 Å². The number of likely N-dealkylation sites (N-methyl/N-ethyl adjacent to an activating group) is 1. The Morgan fingerprint density at radius 1 is 1.25 bits per heavy atom. The summed E-state index contributed by atoms with van der Waals surface area (Å²) in [7, 11) is 2.06. The van der Waals surface area contributed by atoms with Gasteiger partial charge in [-0.2, -0.15) is 0 Å². The normalized spacial score (nSPS) is 29.4. The molecule has 1 saturated heterocycles. The predicted octanol–water partition coefficient (Wildman–Crippen LogP) is 1.96. The van der Waals surface area contributed by atoms with Crippen molar-refractivity contribution in [1.82, 2.24) is 5.32 Å². The first-order chi connectivity index (χ1) is 7.90. The molecular formula is C13H25NO2. The van der Waals surface area contributed by atoms with Crippen molar-refractivity contribution in [2.45, 2.75) is 50.7 Å². The van der Waals surface area contributed by atoms with E-state index < -0.39 is 0 Å². The first-order valence-electron chi connectivity index (χ1n) is 6.76. The maximum absolute atomic E-state index is 5.92. The van der Waals surface area contributed by atoms with Gasteiger partial charge >= 0.3 is 0 Å². The molecule has 0 radical (unpaired) electrons. The highest BCUT2D eigenvalue weighted by Crippen LogP contribution is 2.26. The van der Waals surface area contributed by atoms with Gasteiger partial charge in [-0.25, -0.2) is 0 Å². The lowest BCUT2D eigenvalue weighted by molar-refractivity contribution is 0.0184. The van der Waals surface area contributed by atoms with Crippen molar-refractivity contribution in [1.29, 1.82) is 0 Å². The average molecular weight is 227 g/mol. The molecule has 0 aromatic rings. The van der Waals surface area contributed by atoms with E-state index >= 15 is 0 Å². The van der Waals surface area contributed by atoms with Crippen LogP contribution >= 0.6 is 0 Å². The highest BCUT2D eigenvalue weighted by atomic mass is 16.5. The standard InChI is InChI=1S/C13H25NO2/c1-14-13(11-5-3-2-4-6-11)10-16-12-7-8-15-9-12/h11-14H,2-10H2,1H3. The van der Waals surface area contributed by atoms with Crippen LogP contribution in [0.2, 0.25) is 0 Å². The quantitative estimate of drug-likeness (QED) is 0.779. The van der Waals surface area contributed by atoms with Crippen molar-refractivity contribution in [3.63, 3.8) is 0 Å². The van der Waals surface area contributed by atoms with Gasteiger partial charge in [-0.3, -0.25) is 0 Å². The van der Waals surface area contributed by atoms with Crippen molar-refractivity contribution >= 4 is 0 Å². The molecule has 94 valence electrons. The zero-order valence-electron chi connectivity index (χ0n) is 10.4. The Morgan fingerprint density at radius 3 is 2.69 bits per heavy atom. The van der Waals surface area contributed by atoms with Crippen LogP contribution < -0.4 is 5.32 Å². The summed E-state index contributed by atoms with van der Waals surface area (Å²) in [6, 6.07) is 0.542. The van der Waals surface area contributed by atoms with Gasteiger partial charge in [-0.1, -0.05) is 19.3 Å². The fourth-order valence-electron chi connectivity index (χ4n) is 2.88. The second kappa shape index (κ2) is 6.58. The Kier molecular flexibility index (Phi) is 5.07. The van der Waals surface area contributed by atoms with Gasteiger partial charge in [0.15, 0.2) is 0 Å². The Hall–Kier alpha value is -0.120. The first kappa shape index (κ1) is 12.3. The molecule has 2 aliphatic rings. The highest BCUT2D eigenvalue weighted by Gasteiger charge is 2.24. The lowest BCUT2D eigenvalue weighted by atomic mass is 9.84. The number of nitrogens with one attached hydrogen (secondary N) is 1. The summed E-state index contributed by atoms with van der Waals surface area (Å²) in [4.78, 5) is 0. The Balaban J connectivity index is 1.70. The SMILES string of the molecule is CNC(COC1CCOC1)C1CCCCC1. The molecule has 0 bridgehead atoms. The van der Waals surface area contributed by atoms with Crippen LogP contribution in [0.3, 0.4) is 0 Å². The monoisotopic (exact) mass is 227 g/mol. The number of hydrogen-bond acceptors (Lipinski definition) is 3. The zero-order valence-corrected chi connectivity index (χ0v) is 10.4. The van der Waals surface area contributed by atoms with E-state index in [2.05, 4.69) is 12.4 Å². The van der Waals surface area contributed by atoms with Crippen LogP contribution in [0.4, 0.5) is 0 Å². The number of hydrogen-bond donors (Lipinski definition) is 1. The van der Waals surface area contributed by atoms with E-state index in [4.69, 9.17) is 9.47 Å². The molecule has 0 spiro atoms. The molecule has 1 heterocycles. The van der Waals surface area contributed by atoms with Gasteiger partial charge in [0.05, 0.1) is 19.3 Å². The molecule has 1 aliphatic heterocycles. The lowest BCUT2D eigenvalue weighted by Crippen LogP contribution is -2.40. The van der Waals surface area contributed by atoms with Crippen LogP contribution in [0.15, 0.2) is 0 Å². The van der Waals surface area contributed by atoms with E-state index in [9.17, 15) is 0 Å². The van der Waals surface area contributed by atoms with E-state index in [1.165, 1.54) is 32.1 Å². The molecule has 0 aromatic heterocycles. The highest BCUT2D eigenvalue weighted by molar-refractivity contribution is 4.78. The Bertz CT molecular complexity index is 186. The Labute approximate surface area is 98.9 Å². The molecule has 1 saturated carbocycles. The van der Waals surface area contributed by atoms with E-state index in [0.717, 1.165) is 32.2 Å². The van der Waals surface area contributed by atoms with E-state index in [0.29, 0.717) is 12.1 Å². The van der Waals surface area contributed by atoms with Gasteiger partial charge < -0.3 is 14.8 Å². The smallest absolute Gasteiger partial charge is 0.0831 e. The van der Waals surface area contributed by atoms with Crippen molar-refractivity contribution in [2.24, 2.45) is 5.92 Å². The predicted molar refractivity (Wildman–Crippen MR) is 64.6 cm³/mol. The number of rotatable bonds is 5. The minimum Gasteiger partial charge on any atom is -0.379 e. The maximum Gasteiger partial charge on any atom is 0.0831 e. The number of ether oxygens (including phenoxy) is 2. The summed E-state index contributed by atoms with van der Waals surface area (Å²) in [5.74, 6) is 0.820. The third kappa shape index (κ3) is 3.44. The van der Waals surface area contributed by atoms with Crippen molar-refractivity contribution < 1.29 is 9.47 Å². The molecule has 2 atom stereocenters. The molecule has 0 amide bonds. The zero-order chi connectivity index (χ0) is 11.2. The molecule has 3 nitrogen and oxygen atoms in total. The van der Waals surface area contributed by atoms with E-state index in [-0.39, 0.29) is 0 Å². The third-order valence-electron chi connectivity index (χ3n) is 3.99. The first-order valence-corrected chi connectivity index (χ1v) is 6.76. The van der Waals surface area contributed by atoms with Crippen LogP contribution in [0, 0.1) is 5.92 Å². The maximum atomic E-state index is 5.92.